The van der Waals surface area contributed by atoms with Gasteiger partial charge in [-0.2, -0.15) is 43.2 Å². The zero-order valence-corrected chi connectivity index (χ0v) is 35.1. The fourth-order valence-electron chi connectivity index (χ4n) is 4.77. The molecule has 0 amide bonds. The third-order valence-electron chi connectivity index (χ3n) is 7.42. The van der Waals surface area contributed by atoms with E-state index >= 15 is 0 Å². The summed E-state index contributed by atoms with van der Waals surface area (Å²) in [7, 11) is 1.78. The van der Waals surface area contributed by atoms with Crippen LogP contribution in [-0.2, 0) is 20.2 Å². The van der Waals surface area contributed by atoms with Gasteiger partial charge in [0.05, 0.1) is 76.1 Å². The fraction of sp³-hybridized carbons (Fsp3) is 0.389. The van der Waals surface area contributed by atoms with Gasteiger partial charge in [0.2, 0.25) is 11.5 Å². The first-order chi connectivity index (χ1) is 27.7. The van der Waals surface area contributed by atoms with Crippen molar-refractivity contribution in [3.05, 3.63) is 60.9 Å². The van der Waals surface area contributed by atoms with Gasteiger partial charge in [0.1, 0.15) is 0 Å². The number of ether oxygens (including phenoxy) is 6. The van der Waals surface area contributed by atoms with E-state index in [4.69, 9.17) is 37.5 Å². The Morgan fingerprint density at radius 1 is 0.567 bits per heavy atom. The number of nitrogens with zero attached hydrogens (tertiary/aromatic N) is 4. The predicted octanol–water partition coefficient (Wildman–Crippen LogP) is 6.31. The van der Waals surface area contributed by atoms with Crippen LogP contribution < -0.4 is 38.2 Å². The van der Waals surface area contributed by atoms with Crippen LogP contribution in [0.1, 0.15) is 0 Å². The largest absolute Gasteiger partial charge is 0.493 e. The van der Waals surface area contributed by atoms with Crippen LogP contribution in [0.2, 0.25) is 0 Å². The van der Waals surface area contributed by atoms with Crippen molar-refractivity contribution in [3.63, 3.8) is 0 Å². The average Bonchev–Trinajstić information content (AvgIpc) is 3.15. The van der Waals surface area contributed by atoms with E-state index in [0.717, 1.165) is 11.4 Å². The molecule has 2 heterocycles. The molecule has 0 spiro atoms. The zero-order chi connectivity index (χ0) is 45.6. The summed E-state index contributed by atoms with van der Waals surface area (Å²) in [5.74, 6) is -0.0243. The lowest BCUT2D eigenvalue weighted by molar-refractivity contribution is -0.154. The Morgan fingerprint density at radius 2 is 0.833 bits per heavy atom. The Labute approximate surface area is 343 Å². The quantitative estimate of drug-likeness (QED) is 0.0994. The molecule has 2 N–H and O–H groups in total. The van der Waals surface area contributed by atoms with E-state index in [1.807, 2.05) is 36.0 Å². The summed E-state index contributed by atoms with van der Waals surface area (Å²) in [6, 6.07) is 13.4. The SMILES string of the molecule is COc1cc(-c2ccc(N(C)CCN(C)c3ccc(-c4cc(OC)c(OCC(F)(F)F)c(OC)c4)nc3)cn2)cc(OC)c1OCC(F)(F)F.CS(=O)(=O)O.CS(=O)(=O)O. The van der Waals surface area contributed by atoms with Gasteiger partial charge < -0.3 is 38.2 Å². The predicted molar refractivity (Wildman–Crippen MR) is 210 cm³/mol. The van der Waals surface area contributed by atoms with E-state index in [2.05, 4.69) is 9.97 Å². The second-order valence-corrected chi connectivity index (χ2v) is 15.3. The number of hydrogen-bond acceptors (Lipinski definition) is 14. The Kier molecular flexibility index (Phi) is 18.3. The van der Waals surface area contributed by atoms with E-state index in [0.29, 0.717) is 48.1 Å². The standard InChI is InChI=1S/C34H36F6N4O6.2CH4O3S/c1-43(23-7-9-25(41-17-23)21-13-27(45-3)31(28(14-21)46-4)49-19-33(35,36)37)11-12-44(2)24-8-10-26(42-18-24)22-15-29(47-5)32(30(16-22)48-6)50-20-34(38,39)40;2*1-5(2,3)4/h7-10,13-18H,11-12,19-20H2,1-6H3;2*1H3,(H,2,3,4). The summed E-state index contributed by atoms with van der Waals surface area (Å²) in [5.41, 5.74) is 3.86. The number of hydrogen-bond donors (Lipinski definition) is 2. The van der Waals surface area contributed by atoms with Gasteiger partial charge >= 0.3 is 12.4 Å². The van der Waals surface area contributed by atoms with E-state index < -0.39 is 45.8 Å². The van der Waals surface area contributed by atoms with E-state index in [9.17, 15) is 43.2 Å². The lowest BCUT2D eigenvalue weighted by Crippen LogP contribution is -2.30. The number of alkyl halides is 6. The Bertz CT molecular complexity index is 1990. The van der Waals surface area contributed by atoms with E-state index in [1.165, 1.54) is 52.7 Å². The third kappa shape index (κ3) is 18.2. The van der Waals surface area contributed by atoms with Crippen molar-refractivity contribution >= 4 is 31.6 Å². The Hall–Kier alpha value is -5.46. The van der Waals surface area contributed by atoms with Gasteiger partial charge in [0.15, 0.2) is 36.2 Å². The molecule has 0 atom stereocenters. The van der Waals surface area contributed by atoms with Crippen LogP contribution in [0.5, 0.6) is 34.5 Å². The highest BCUT2D eigenvalue weighted by atomic mass is 32.2. The van der Waals surface area contributed by atoms with Gasteiger partial charge in [-0.25, -0.2) is 0 Å². The summed E-state index contributed by atoms with van der Waals surface area (Å²) in [6.45, 7) is -1.77. The molecule has 0 bridgehead atoms. The number of methoxy groups -OCH3 is 4. The molecule has 4 rings (SSSR count). The van der Waals surface area contributed by atoms with Crippen LogP contribution in [0.3, 0.4) is 0 Å². The van der Waals surface area contributed by atoms with Gasteiger partial charge in [-0.15, -0.1) is 0 Å². The molecule has 0 unspecified atom stereocenters. The first-order valence-corrected chi connectivity index (χ1v) is 20.5. The molecule has 24 heteroatoms. The molecule has 16 nitrogen and oxygen atoms in total. The molecule has 2 aromatic heterocycles. The Balaban J connectivity index is 0.00000111. The first-order valence-electron chi connectivity index (χ1n) is 16.8. The van der Waals surface area contributed by atoms with Crippen molar-refractivity contribution in [3.8, 4) is 57.0 Å². The minimum absolute atomic E-state index is 0.0731. The van der Waals surface area contributed by atoms with E-state index in [1.54, 1.807) is 24.5 Å². The minimum Gasteiger partial charge on any atom is -0.493 e. The minimum atomic E-state index is -4.53. The molecule has 0 saturated heterocycles. The number of aromatic nitrogens is 2. The van der Waals surface area contributed by atoms with Gasteiger partial charge in [0.25, 0.3) is 20.2 Å². The maximum atomic E-state index is 12.8. The van der Waals surface area contributed by atoms with Gasteiger partial charge in [0, 0.05) is 38.3 Å². The molecule has 0 fully saturated rings. The number of pyridine rings is 2. The van der Waals surface area contributed by atoms with E-state index in [-0.39, 0.29) is 34.5 Å². The first kappa shape index (κ1) is 50.7. The molecule has 2 aromatic carbocycles. The van der Waals surface area contributed by atoms with Crippen LogP contribution in [0.25, 0.3) is 22.5 Å². The zero-order valence-electron chi connectivity index (χ0n) is 33.5. The van der Waals surface area contributed by atoms with Crippen LogP contribution >= 0.6 is 0 Å². The molecule has 0 saturated carbocycles. The van der Waals surface area contributed by atoms with Crippen molar-refractivity contribution in [1.29, 1.82) is 0 Å². The lowest BCUT2D eigenvalue weighted by atomic mass is 10.1. The van der Waals surface area contributed by atoms with Crippen molar-refractivity contribution in [2.24, 2.45) is 0 Å². The topological polar surface area (TPSA) is 196 Å². The number of benzene rings is 2. The highest BCUT2D eigenvalue weighted by Gasteiger charge is 2.31. The maximum absolute atomic E-state index is 12.8. The highest BCUT2D eigenvalue weighted by molar-refractivity contribution is 7.85. The highest BCUT2D eigenvalue weighted by Crippen LogP contribution is 2.43. The molecular formula is C36H44F6N4O12S2. The second kappa shape index (κ2) is 21.7. The third-order valence-corrected chi connectivity index (χ3v) is 7.42. The smallest absolute Gasteiger partial charge is 0.422 e. The number of rotatable bonds is 15. The number of anilines is 2. The number of halogens is 6. The average molecular weight is 903 g/mol. The molecule has 4 aromatic rings. The van der Waals surface area contributed by atoms with Gasteiger partial charge in [-0.3, -0.25) is 19.1 Å². The molecule has 0 aliphatic carbocycles. The van der Waals surface area contributed by atoms with Crippen molar-refractivity contribution < 1.29 is 80.7 Å². The fourth-order valence-corrected chi connectivity index (χ4v) is 4.77. The monoisotopic (exact) mass is 902 g/mol. The van der Waals surface area contributed by atoms with Crippen molar-refractivity contribution in [2.45, 2.75) is 12.4 Å². The van der Waals surface area contributed by atoms with Gasteiger partial charge in [-0.1, -0.05) is 0 Å². The Morgan fingerprint density at radius 3 is 1.03 bits per heavy atom. The van der Waals surface area contributed by atoms with Crippen LogP contribution in [0.15, 0.2) is 60.9 Å². The molecule has 334 valence electrons. The summed E-state index contributed by atoms with van der Waals surface area (Å²) < 4.78 is 159. The summed E-state index contributed by atoms with van der Waals surface area (Å²) in [6.07, 6.45) is -4.27. The lowest BCUT2D eigenvalue weighted by Gasteiger charge is -2.25. The van der Waals surface area contributed by atoms with Crippen LogP contribution in [0, 0.1) is 0 Å². The van der Waals surface area contributed by atoms with Crippen LogP contribution in [-0.4, -0.2) is 130 Å². The van der Waals surface area contributed by atoms with Crippen LogP contribution in [0.4, 0.5) is 37.7 Å². The summed E-state index contributed by atoms with van der Waals surface area (Å²) in [4.78, 5) is 13.1. The summed E-state index contributed by atoms with van der Waals surface area (Å²) in [5, 5.41) is 0. The normalized spacial score (nSPS) is 11.5. The molecular weight excluding hydrogens is 859 g/mol. The second-order valence-electron chi connectivity index (χ2n) is 12.3. The van der Waals surface area contributed by atoms with Gasteiger partial charge in [-0.05, 0) is 48.5 Å². The van der Waals surface area contributed by atoms with Crippen molar-refractivity contribution in [2.75, 3.05) is 91.1 Å². The van der Waals surface area contributed by atoms with Crippen molar-refractivity contribution in [1.82, 2.24) is 9.97 Å². The molecule has 60 heavy (non-hydrogen) atoms. The molecule has 0 aliphatic heterocycles. The number of likely N-dealkylation sites (N-methyl/N-ethyl adjacent to an activating group) is 2. The maximum Gasteiger partial charge on any atom is 0.422 e. The molecule has 0 aliphatic rings. The molecule has 0 radical (unpaired) electrons. The summed E-state index contributed by atoms with van der Waals surface area (Å²) >= 11 is 0.